The molecule has 2 fully saturated rings. The first-order valence-electron chi connectivity index (χ1n) is 14.7. The molecule has 0 spiro atoms. The van der Waals surface area contributed by atoms with Crippen LogP contribution in [-0.2, 0) is 35.2 Å². The highest BCUT2D eigenvalue weighted by atomic mass is 32.2. The van der Waals surface area contributed by atoms with Crippen molar-refractivity contribution in [1.29, 1.82) is 0 Å². The Kier molecular flexibility index (Phi) is 10.6. The van der Waals surface area contributed by atoms with Crippen LogP contribution in [0.4, 0.5) is 0 Å². The molecule has 44 heavy (non-hydrogen) atoms. The molecule has 2 aromatic carbocycles. The molecule has 0 aliphatic carbocycles. The number of amides is 3. The molecule has 12 nitrogen and oxygen atoms in total. The van der Waals surface area contributed by atoms with Crippen LogP contribution in [0.2, 0.25) is 0 Å². The number of benzene rings is 2. The van der Waals surface area contributed by atoms with Crippen molar-refractivity contribution in [3.63, 3.8) is 0 Å². The van der Waals surface area contributed by atoms with Gasteiger partial charge in [-0.15, -0.1) is 11.8 Å². The normalized spacial score (nSPS) is 19.7. The molecule has 1 unspecified atom stereocenters. The Morgan fingerprint density at radius 2 is 1.77 bits per heavy atom. The molecule has 2 saturated heterocycles. The fourth-order valence-corrected chi connectivity index (χ4v) is 7.44. The van der Waals surface area contributed by atoms with Gasteiger partial charge >= 0.3 is 10.1 Å². The number of hydrogen-bond acceptors (Lipinski definition) is 11. The van der Waals surface area contributed by atoms with Crippen molar-refractivity contribution in [1.82, 2.24) is 20.0 Å². The van der Waals surface area contributed by atoms with Crippen molar-refractivity contribution in [2.75, 3.05) is 58.6 Å². The highest BCUT2D eigenvalue weighted by molar-refractivity contribution is 7.99. The van der Waals surface area contributed by atoms with E-state index in [1.54, 1.807) is 41.8 Å². The van der Waals surface area contributed by atoms with E-state index in [2.05, 4.69) is 15.1 Å². The zero-order valence-electron chi connectivity index (χ0n) is 25.0. The van der Waals surface area contributed by atoms with Gasteiger partial charge in [-0.05, 0) is 55.7 Å². The van der Waals surface area contributed by atoms with Crippen LogP contribution in [0.3, 0.4) is 0 Å². The third-order valence-corrected chi connectivity index (χ3v) is 10.3. The largest absolute Gasteiger partial charge is 0.477 e. The number of piperazine rings is 1. The quantitative estimate of drug-likeness (QED) is 0.149. The van der Waals surface area contributed by atoms with E-state index < -0.39 is 22.1 Å². The summed E-state index contributed by atoms with van der Waals surface area (Å²) in [5, 5.41) is 2.34. The number of ether oxygens (including phenoxy) is 2. The lowest BCUT2D eigenvalue weighted by Crippen LogP contribution is -2.52. The molecule has 3 aliphatic heterocycles. The highest BCUT2D eigenvalue weighted by Crippen LogP contribution is 2.34. The number of hydrogen-bond donors (Lipinski definition) is 1. The molecule has 0 saturated carbocycles. The number of piperidine rings is 1. The molecule has 3 heterocycles. The van der Waals surface area contributed by atoms with Crippen LogP contribution in [0, 0.1) is 6.92 Å². The molecule has 2 aromatic rings. The summed E-state index contributed by atoms with van der Waals surface area (Å²) in [4.78, 5) is 43.9. The van der Waals surface area contributed by atoms with Crippen molar-refractivity contribution in [3.05, 3.63) is 53.1 Å². The van der Waals surface area contributed by atoms with Crippen LogP contribution in [0.1, 0.15) is 41.3 Å². The lowest BCUT2D eigenvalue weighted by molar-refractivity contribution is -0.136. The highest BCUT2D eigenvalue weighted by Gasteiger charge is 2.39. The van der Waals surface area contributed by atoms with Gasteiger partial charge in [-0.3, -0.25) is 33.7 Å². The minimum absolute atomic E-state index is 0.0357. The fraction of sp³-hybridized carbons (Fsp3) is 0.500. The maximum Gasteiger partial charge on any atom is 0.300 e. The molecule has 3 aliphatic rings. The van der Waals surface area contributed by atoms with Crippen molar-refractivity contribution >= 4 is 39.6 Å². The topological polar surface area (TPSA) is 135 Å². The van der Waals surface area contributed by atoms with Gasteiger partial charge < -0.3 is 14.4 Å². The molecule has 0 bridgehead atoms. The third-order valence-electron chi connectivity index (χ3n) is 7.81. The minimum Gasteiger partial charge on any atom is -0.477 e. The summed E-state index contributed by atoms with van der Waals surface area (Å²) >= 11 is 1.62. The van der Waals surface area contributed by atoms with Gasteiger partial charge in [0.05, 0.1) is 19.9 Å². The fourth-order valence-electron chi connectivity index (χ4n) is 5.46. The third kappa shape index (κ3) is 7.61. The number of rotatable bonds is 13. The molecular formula is C30H38N4O8S2. The lowest BCUT2D eigenvalue weighted by Gasteiger charge is -2.34. The number of fused-ring (bicyclic) bond motifs is 1. The van der Waals surface area contributed by atoms with Crippen LogP contribution >= 0.6 is 11.8 Å². The second-order valence-corrected chi connectivity index (χ2v) is 13.6. The molecule has 5 rings (SSSR count). The summed E-state index contributed by atoms with van der Waals surface area (Å²) in [7, 11) is -3.88. The number of thioether (sulfide) groups is 1. The zero-order valence-corrected chi connectivity index (χ0v) is 26.6. The maximum absolute atomic E-state index is 13.0. The van der Waals surface area contributed by atoms with Gasteiger partial charge in [0.15, 0.2) is 0 Å². The standard InChI is InChI=1S/C30H38N4O8S2/c1-3-42-44(38,39)27-9-7-21(2)17-25(27)41-20-33-13-11-32(12-14-33)19-40-15-16-43-26-6-4-5-22-23(26)18-34(30(22)37)24-8-10-28(35)31-29(24)36/h4-7,9,17,24H,3,8,10-16,18-20H2,1-2H3,(H,31,35,36). The summed E-state index contributed by atoms with van der Waals surface area (Å²) in [5.74, 6) is 0.117. The first kappa shape index (κ1) is 32.4. The second-order valence-electron chi connectivity index (χ2n) is 10.9. The Hall–Kier alpha value is -3.01. The second kappa shape index (κ2) is 14.4. The Morgan fingerprint density at radius 3 is 2.50 bits per heavy atom. The predicted molar refractivity (Wildman–Crippen MR) is 163 cm³/mol. The molecule has 238 valence electrons. The summed E-state index contributed by atoms with van der Waals surface area (Å²) in [6.45, 7) is 8.32. The van der Waals surface area contributed by atoms with Gasteiger partial charge in [0.2, 0.25) is 11.8 Å². The molecule has 14 heteroatoms. The molecule has 1 atom stereocenters. The number of carbonyl (C=O) groups excluding carboxylic acids is 3. The zero-order chi connectivity index (χ0) is 31.3. The molecule has 1 N–H and O–H groups in total. The van der Waals surface area contributed by atoms with Crippen LogP contribution in [0.25, 0.3) is 0 Å². The van der Waals surface area contributed by atoms with Gasteiger partial charge in [0, 0.05) is 55.4 Å². The Balaban J connectivity index is 1.03. The maximum atomic E-state index is 13.0. The monoisotopic (exact) mass is 646 g/mol. The summed E-state index contributed by atoms with van der Waals surface area (Å²) in [6.07, 6.45) is 0.572. The first-order chi connectivity index (χ1) is 21.2. The Bertz CT molecular complexity index is 1490. The Morgan fingerprint density at radius 1 is 1.02 bits per heavy atom. The van der Waals surface area contributed by atoms with E-state index in [0.29, 0.717) is 43.4 Å². The molecule has 0 aromatic heterocycles. The van der Waals surface area contributed by atoms with E-state index in [9.17, 15) is 22.8 Å². The van der Waals surface area contributed by atoms with Crippen LogP contribution in [0.15, 0.2) is 46.2 Å². The van der Waals surface area contributed by atoms with Crippen molar-refractivity contribution in [2.24, 2.45) is 0 Å². The van der Waals surface area contributed by atoms with Gasteiger partial charge in [-0.1, -0.05) is 12.1 Å². The van der Waals surface area contributed by atoms with Crippen LogP contribution in [0.5, 0.6) is 5.75 Å². The van der Waals surface area contributed by atoms with Crippen molar-refractivity contribution in [2.45, 2.75) is 49.1 Å². The van der Waals surface area contributed by atoms with Crippen molar-refractivity contribution < 1.29 is 36.5 Å². The van der Waals surface area contributed by atoms with Crippen LogP contribution in [-0.4, -0.2) is 105 Å². The lowest BCUT2D eigenvalue weighted by atomic mass is 10.0. The van der Waals surface area contributed by atoms with Gasteiger partial charge in [0.1, 0.15) is 23.4 Å². The SMILES string of the molecule is CCOS(=O)(=O)c1ccc(C)cc1OCN1CCN(COCCSc2cccc3c2CN(C2CCC(=O)NC2=O)C3=O)CC1. The average Bonchev–Trinajstić information content (AvgIpc) is 3.33. The van der Waals surface area contributed by atoms with Gasteiger partial charge in [-0.25, -0.2) is 0 Å². The number of imide groups is 1. The van der Waals surface area contributed by atoms with Gasteiger partial charge in [0.25, 0.3) is 5.91 Å². The van der Waals surface area contributed by atoms with Gasteiger partial charge in [-0.2, -0.15) is 8.42 Å². The molecule has 3 amide bonds. The number of aryl methyl sites for hydroxylation is 1. The summed E-state index contributed by atoms with van der Waals surface area (Å²) in [6, 6.07) is 9.96. The van der Waals surface area contributed by atoms with E-state index in [1.165, 1.54) is 6.07 Å². The summed E-state index contributed by atoms with van der Waals surface area (Å²) < 4.78 is 41.8. The smallest absolute Gasteiger partial charge is 0.300 e. The van der Waals surface area contributed by atoms with Crippen molar-refractivity contribution in [3.8, 4) is 5.75 Å². The van der Waals surface area contributed by atoms with E-state index in [-0.39, 0.29) is 36.5 Å². The van der Waals surface area contributed by atoms with E-state index in [1.807, 2.05) is 19.1 Å². The summed E-state index contributed by atoms with van der Waals surface area (Å²) in [5.41, 5.74) is 2.42. The minimum atomic E-state index is -3.88. The molecule has 0 radical (unpaired) electrons. The van der Waals surface area contributed by atoms with Crippen LogP contribution < -0.4 is 10.1 Å². The van der Waals surface area contributed by atoms with E-state index in [0.717, 1.165) is 42.2 Å². The number of nitrogens with zero attached hydrogens (tertiary/aromatic N) is 3. The average molecular weight is 647 g/mol. The predicted octanol–water partition coefficient (Wildman–Crippen LogP) is 2.20. The number of carbonyl (C=O) groups is 3. The van der Waals surface area contributed by atoms with E-state index >= 15 is 0 Å². The molecular weight excluding hydrogens is 608 g/mol. The Labute approximate surface area is 262 Å². The number of nitrogens with one attached hydrogen (secondary N) is 1. The van der Waals surface area contributed by atoms with E-state index in [4.69, 9.17) is 13.7 Å². The first-order valence-corrected chi connectivity index (χ1v) is 17.1.